The molecule has 4 heterocycles. The number of ether oxygens (including phenoxy) is 1. The monoisotopic (exact) mass is 419 g/mol. The minimum Gasteiger partial charge on any atom is -0.377 e. The lowest BCUT2D eigenvalue weighted by molar-refractivity contribution is 0.0613. The summed E-state index contributed by atoms with van der Waals surface area (Å²) < 4.78 is 7.76. The fourth-order valence-electron chi connectivity index (χ4n) is 4.57. The van der Waals surface area contributed by atoms with Crippen LogP contribution < -0.4 is 5.32 Å². The van der Waals surface area contributed by atoms with Gasteiger partial charge in [0.25, 0.3) is 5.91 Å². The quantitative estimate of drug-likeness (QED) is 0.665. The second kappa shape index (κ2) is 9.16. The molecule has 3 aromatic rings. The van der Waals surface area contributed by atoms with E-state index < -0.39 is 0 Å². The van der Waals surface area contributed by atoms with E-state index in [-0.39, 0.29) is 11.9 Å². The molecule has 0 radical (unpaired) electrons. The zero-order valence-electron chi connectivity index (χ0n) is 17.7. The van der Waals surface area contributed by atoms with Crippen molar-refractivity contribution >= 4 is 17.1 Å². The molecular formula is C24H29N5O2. The summed E-state index contributed by atoms with van der Waals surface area (Å²) in [4.78, 5) is 24.3. The van der Waals surface area contributed by atoms with Crippen LogP contribution in [0.4, 0.5) is 0 Å². The number of nitrogens with one attached hydrogen (secondary N) is 1. The molecule has 0 bridgehead atoms. The van der Waals surface area contributed by atoms with Gasteiger partial charge < -0.3 is 19.5 Å². The van der Waals surface area contributed by atoms with Crippen molar-refractivity contribution in [1.29, 1.82) is 0 Å². The van der Waals surface area contributed by atoms with E-state index in [4.69, 9.17) is 4.74 Å². The number of nitrogens with zero attached hydrogens (tertiary/aromatic N) is 4. The molecule has 0 saturated carbocycles. The zero-order valence-corrected chi connectivity index (χ0v) is 17.7. The summed E-state index contributed by atoms with van der Waals surface area (Å²) in [6.07, 6.45) is 8.14. The third-order valence-electron chi connectivity index (χ3n) is 6.32. The number of hydrogen-bond donors (Lipinski definition) is 1. The van der Waals surface area contributed by atoms with E-state index in [2.05, 4.69) is 32.3 Å². The van der Waals surface area contributed by atoms with Gasteiger partial charge in [-0.15, -0.1) is 0 Å². The lowest BCUT2D eigenvalue weighted by Crippen LogP contribution is -2.46. The summed E-state index contributed by atoms with van der Waals surface area (Å²) in [7, 11) is 0. The Morgan fingerprint density at radius 2 is 1.97 bits per heavy atom. The summed E-state index contributed by atoms with van der Waals surface area (Å²) >= 11 is 0. The Balaban J connectivity index is 1.17. The molecule has 1 N–H and O–H groups in total. The summed E-state index contributed by atoms with van der Waals surface area (Å²) in [5.41, 5.74) is 3.30. The molecule has 2 aliphatic rings. The minimum atomic E-state index is -0.0652. The SMILES string of the molecule is O=C(NC1CCN(CC2CCCO2)CC1)c1cnc2c(c1)ncn2Cc1ccccc1. The molecule has 1 amide bonds. The molecule has 7 nitrogen and oxygen atoms in total. The highest BCUT2D eigenvalue weighted by atomic mass is 16.5. The number of carbonyl (C=O) groups is 1. The fourth-order valence-corrected chi connectivity index (χ4v) is 4.57. The minimum absolute atomic E-state index is 0.0652. The van der Waals surface area contributed by atoms with Crippen LogP contribution in [0.5, 0.6) is 0 Å². The van der Waals surface area contributed by atoms with Crippen LogP contribution in [-0.4, -0.2) is 63.7 Å². The molecular weight excluding hydrogens is 390 g/mol. The van der Waals surface area contributed by atoms with Crippen molar-refractivity contribution < 1.29 is 9.53 Å². The van der Waals surface area contributed by atoms with Gasteiger partial charge in [0.05, 0.1) is 24.5 Å². The first-order chi connectivity index (χ1) is 15.2. The van der Waals surface area contributed by atoms with Crippen LogP contribution >= 0.6 is 0 Å². The van der Waals surface area contributed by atoms with Gasteiger partial charge in [-0.1, -0.05) is 30.3 Å². The highest BCUT2D eigenvalue weighted by Gasteiger charge is 2.25. The normalized spacial score (nSPS) is 20.3. The molecule has 2 fully saturated rings. The predicted molar refractivity (Wildman–Crippen MR) is 119 cm³/mol. The second-order valence-corrected chi connectivity index (χ2v) is 8.61. The average Bonchev–Trinajstić information content (AvgIpc) is 3.46. The van der Waals surface area contributed by atoms with Crippen LogP contribution in [0.2, 0.25) is 0 Å². The maximum atomic E-state index is 12.8. The number of aromatic nitrogens is 3. The molecule has 5 rings (SSSR count). The van der Waals surface area contributed by atoms with Gasteiger partial charge in [-0.2, -0.15) is 0 Å². The van der Waals surface area contributed by atoms with Gasteiger partial charge in [0.15, 0.2) is 5.65 Å². The standard InChI is InChI=1S/C24H29N5O2/c30-24(27-20-8-10-28(11-9-20)16-21-7-4-12-31-21)19-13-22-23(25-14-19)29(17-26-22)15-18-5-2-1-3-6-18/h1-3,5-6,13-14,17,20-21H,4,7-12,15-16H2,(H,27,30). The highest BCUT2D eigenvalue weighted by Crippen LogP contribution is 2.18. The molecule has 31 heavy (non-hydrogen) atoms. The van der Waals surface area contributed by atoms with E-state index in [9.17, 15) is 4.79 Å². The lowest BCUT2D eigenvalue weighted by atomic mass is 10.0. The number of carbonyl (C=O) groups excluding carboxylic acids is 1. The molecule has 1 aromatic carbocycles. The van der Waals surface area contributed by atoms with Crippen LogP contribution in [0.1, 0.15) is 41.6 Å². The van der Waals surface area contributed by atoms with Gasteiger partial charge in [0.2, 0.25) is 0 Å². The summed E-state index contributed by atoms with van der Waals surface area (Å²) in [6, 6.07) is 12.3. The molecule has 2 saturated heterocycles. The molecule has 2 aromatic heterocycles. The molecule has 2 aliphatic heterocycles. The van der Waals surface area contributed by atoms with Crippen molar-refractivity contribution in [3.05, 3.63) is 60.0 Å². The van der Waals surface area contributed by atoms with Gasteiger partial charge in [-0.25, -0.2) is 9.97 Å². The van der Waals surface area contributed by atoms with Crippen molar-refractivity contribution in [2.45, 2.75) is 44.4 Å². The van der Waals surface area contributed by atoms with Crippen molar-refractivity contribution in [3.8, 4) is 0 Å². The van der Waals surface area contributed by atoms with Gasteiger partial charge in [0.1, 0.15) is 5.52 Å². The first-order valence-electron chi connectivity index (χ1n) is 11.2. The molecule has 7 heteroatoms. The summed E-state index contributed by atoms with van der Waals surface area (Å²) in [5, 5.41) is 3.19. The van der Waals surface area contributed by atoms with E-state index in [1.807, 2.05) is 28.8 Å². The third kappa shape index (κ3) is 4.78. The summed E-state index contributed by atoms with van der Waals surface area (Å²) in [6.45, 7) is 4.64. The van der Waals surface area contributed by atoms with Gasteiger partial charge >= 0.3 is 0 Å². The van der Waals surface area contributed by atoms with Crippen LogP contribution in [0, 0.1) is 0 Å². The Labute approximate surface area is 182 Å². The van der Waals surface area contributed by atoms with Crippen LogP contribution in [0.3, 0.4) is 0 Å². The molecule has 0 spiro atoms. The first-order valence-corrected chi connectivity index (χ1v) is 11.2. The number of fused-ring (bicyclic) bond motifs is 1. The number of likely N-dealkylation sites (tertiary alicyclic amines) is 1. The maximum Gasteiger partial charge on any atom is 0.253 e. The van der Waals surface area contributed by atoms with Crippen molar-refractivity contribution in [2.24, 2.45) is 0 Å². The number of rotatable bonds is 6. The highest BCUT2D eigenvalue weighted by molar-refractivity contribution is 5.96. The van der Waals surface area contributed by atoms with Crippen LogP contribution in [0.25, 0.3) is 11.2 Å². The average molecular weight is 420 g/mol. The van der Waals surface area contributed by atoms with Gasteiger partial charge in [-0.05, 0) is 37.3 Å². The number of benzene rings is 1. The first kappa shape index (κ1) is 20.2. The number of imidazole rings is 1. The lowest BCUT2D eigenvalue weighted by Gasteiger charge is -2.33. The van der Waals surface area contributed by atoms with Gasteiger partial charge in [-0.3, -0.25) is 4.79 Å². The smallest absolute Gasteiger partial charge is 0.253 e. The van der Waals surface area contributed by atoms with E-state index in [0.29, 0.717) is 18.2 Å². The Morgan fingerprint density at radius 3 is 2.74 bits per heavy atom. The zero-order chi connectivity index (χ0) is 21.0. The Hall–Kier alpha value is -2.77. The topological polar surface area (TPSA) is 72.3 Å². The number of pyridine rings is 1. The van der Waals surface area contributed by atoms with E-state index in [1.54, 1.807) is 12.5 Å². The van der Waals surface area contributed by atoms with Gasteiger partial charge in [0, 0.05) is 38.5 Å². The number of amides is 1. The van der Waals surface area contributed by atoms with Crippen molar-refractivity contribution in [2.75, 3.05) is 26.2 Å². The summed E-state index contributed by atoms with van der Waals surface area (Å²) in [5.74, 6) is -0.0652. The molecule has 162 valence electrons. The molecule has 1 atom stereocenters. The Morgan fingerprint density at radius 1 is 1.13 bits per heavy atom. The molecule has 1 unspecified atom stereocenters. The molecule has 0 aliphatic carbocycles. The number of hydrogen-bond acceptors (Lipinski definition) is 5. The second-order valence-electron chi connectivity index (χ2n) is 8.61. The van der Waals surface area contributed by atoms with E-state index in [0.717, 1.165) is 50.2 Å². The van der Waals surface area contributed by atoms with Crippen LogP contribution in [-0.2, 0) is 11.3 Å². The third-order valence-corrected chi connectivity index (χ3v) is 6.32. The predicted octanol–water partition coefficient (Wildman–Crippen LogP) is 2.85. The Bertz CT molecular complexity index is 1020. The largest absolute Gasteiger partial charge is 0.377 e. The van der Waals surface area contributed by atoms with E-state index in [1.165, 1.54) is 18.4 Å². The van der Waals surface area contributed by atoms with Crippen molar-refractivity contribution in [1.82, 2.24) is 24.8 Å². The van der Waals surface area contributed by atoms with Crippen molar-refractivity contribution in [3.63, 3.8) is 0 Å². The van der Waals surface area contributed by atoms with E-state index >= 15 is 0 Å². The Kier molecular flexibility index (Phi) is 5.95. The fraction of sp³-hybridized carbons (Fsp3) is 0.458. The number of piperidine rings is 1. The maximum absolute atomic E-state index is 12.8. The van der Waals surface area contributed by atoms with Crippen LogP contribution in [0.15, 0.2) is 48.9 Å².